The zero-order valence-electron chi connectivity index (χ0n) is 18.3. The topological polar surface area (TPSA) is 67.9 Å². The van der Waals surface area contributed by atoms with Gasteiger partial charge in [-0.2, -0.15) is 13.2 Å². The van der Waals surface area contributed by atoms with Gasteiger partial charge in [0.2, 0.25) is 5.91 Å². The third kappa shape index (κ3) is 4.59. The number of hydrogen-bond donors (Lipinski definition) is 1. The second kappa shape index (κ2) is 8.65. The van der Waals surface area contributed by atoms with E-state index in [9.17, 15) is 18.0 Å². The van der Waals surface area contributed by atoms with Crippen molar-refractivity contribution in [1.82, 2.24) is 4.90 Å². The fraction of sp³-hybridized carbons (Fsp3) is 0.417. The van der Waals surface area contributed by atoms with E-state index in [1.807, 2.05) is 6.92 Å². The van der Waals surface area contributed by atoms with Crippen molar-refractivity contribution in [3.63, 3.8) is 0 Å². The first-order valence-corrected chi connectivity index (χ1v) is 11.1. The van der Waals surface area contributed by atoms with Crippen molar-refractivity contribution in [2.24, 2.45) is 10.7 Å². The average Bonchev–Trinajstić information content (AvgIpc) is 2.73. The largest absolute Gasteiger partial charge is 0.416 e. The normalized spacial score (nSPS) is 26.3. The number of guanidine groups is 1. The lowest BCUT2D eigenvalue weighted by Crippen LogP contribution is -2.56. The van der Waals surface area contributed by atoms with Crippen molar-refractivity contribution < 1.29 is 22.7 Å². The van der Waals surface area contributed by atoms with E-state index in [4.69, 9.17) is 22.1 Å². The maximum atomic E-state index is 13.2. The number of carbonyl (C=O) groups is 1. The van der Waals surface area contributed by atoms with Gasteiger partial charge in [0.15, 0.2) is 5.96 Å². The van der Waals surface area contributed by atoms with Gasteiger partial charge in [-0.1, -0.05) is 41.9 Å². The molecule has 0 aromatic heterocycles. The Bertz CT molecular complexity index is 1100. The summed E-state index contributed by atoms with van der Waals surface area (Å²) in [5.41, 5.74) is 5.78. The van der Waals surface area contributed by atoms with Gasteiger partial charge in [-0.05, 0) is 49.9 Å². The van der Waals surface area contributed by atoms with Crippen molar-refractivity contribution >= 4 is 23.5 Å². The summed E-state index contributed by atoms with van der Waals surface area (Å²) in [6.07, 6.45) is -3.05. The molecule has 0 saturated carbocycles. The minimum absolute atomic E-state index is 0.0243. The van der Waals surface area contributed by atoms with E-state index in [1.54, 1.807) is 36.1 Å². The number of alkyl halides is 3. The van der Waals surface area contributed by atoms with Crippen LogP contribution in [0, 0.1) is 0 Å². The lowest BCUT2D eigenvalue weighted by atomic mass is 9.85. The lowest BCUT2D eigenvalue weighted by molar-refractivity contribution is -0.137. The maximum absolute atomic E-state index is 13.2. The maximum Gasteiger partial charge on any atom is 0.416 e. The standard InChI is InChI=1S/C24H25ClF3N3O2/c1-14-11-17(9-10-33-14)31-20(32)13-23(2,30-22(31)29)19-8-4-7-18(21(19)25)15-5-3-6-16(12-15)24(26,27)28/h3-8,12,14,17H,9-11,13H2,1-2H3,(H2,29,30)/t14-,17-,23-/m0/s1. The summed E-state index contributed by atoms with van der Waals surface area (Å²) in [6, 6.07) is 9.99. The Morgan fingerprint density at radius 3 is 2.64 bits per heavy atom. The molecule has 0 aliphatic carbocycles. The molecule has 4 rings (SSSR count). The number of rotatable bonds is 3. The molecule has 2 N–H and O–H groups in total. The van der Waals surface area contributed by atoms with Gasteiger partial charge in [0.25, 0.3) is 0 Å². The Kier molecular flexibility index (Phi) is 6.18. The number of nitrogens with zero attached hydrogens (tertiary/aromatic N) is 2. The minimum Gasteiger partial charge on any atom is -0.378 e. The molecule has 0 unspecified atom stereocenters. The molecule has 0 spiro atoms. The molecular formula is C24H25ClF3N3O2. The second-order valence-corrected chi connectivity index (χ2v) is 9.17. The van der Waals surface area contributed by atoms with Crippen molar-refractivity contribution in [3.05, 3.63) is 58.6 Å². The van der Waals surface area contributed by atoms with Gasteiger partial charge in [0, 0.05) is 18.2 Å². The number of ether oxygens (including phenoxy) is 1. The summed E-state index contributed by atoms with van der Waals surface area (Å²) in [4.78, 5) is 19.4. The fourth-order valence-corrected chi connectivity index (χ4v) is 5.08. The molecule has 2 aliphatic heterocycles. The Balaban J connectivity index is 1.71. The first-order chi connectivity index (χ1) is 15.5. The zero-order chi connectivity index (χ0) is 24.0. The smallest absolute Gasteiger partial charge is 0.378 e. The first-order valence-electron chi connectivity index (χ1n) is 10.8. The van der Waals surface area contributed by atoms with E-state index in [-0.39, 0.29) is 35.5 Å². The van der Waals surface area contributed by atoms with E-state index in [1.165, 1.54) is 6.07 Å². The highest BCUT2D eigenvalue weighted by Gasteiger charge is 2.42. The quantitative estimate of drug-likeness (QED) is 0.644. The van der Waals surface area contributed by atoms with Crippen LogP contribution < -0.4 is 5.73 Å². The summed E-state index contributed by atoms with van der Waals surface area (Å²) in [6.45, 7) is 4.26. The Hall–Kier alpha value is -2.58. The van der Waals surface area contributed by atoms with Gasteiger partial charge in [-0.15, -0.1) is 0 Å². The molecule has 2 aliphatic rings. The number of nitrogens with two attached hydrogens (primary N) is 1. The molecule has 2 aromatic carbocycles. The number of amides is 1. The molecule has 2 aromatic rings. The van der Waals surface area contributed by atoms with E-state index in [0.717, 1.165) is 12.1 Å². The van der Waals surface area contributed by atoms with E-state index >= 15 is 0 Å². The van der Waals surface area contributed by atoms with Crippen LogP contribution in [0.15, 0.2) is 47.5 Å². The molecule has 3 atom stereocenters. The summed E-state index contributed by atoms with van der Waals surface area (Å²) in [5.74, 6) is -0.0435. The molecule has 2 heterocycles. The predicted octanol–water partition coefficient (Wildman–Crippen LogP) is 5.36. The monoisotopic (exact) mass is 479 g/mol. The van der Waals surface area contributed by atoms with Gasteiger partial charge in [0.05, 0.1) is 28.6 Å². The SMILES string of the molecule is C[C@H]1C[C@@H](N2C(=O)C[C@@](C)(c3cccc(-c4cccc(C(F)(F)F)c4)c3Cl)N=C2N)CCO1. The van der Waals surface area contributed by atoms with Crippen LogP contribution in [0.1, 0.15) is 44.2 Å². The second-order valence-electron chi connectivity index (χ2n) is 8.79. The van der Waals surface area contributed by atoms with Gasteiger partial charge in [-0.3, -0.25) is 9.69 Å². The van der Waals surface area contributed by atoms with E-state index in [0.29, 0.717) is 36.1 Å². The molecule has 0 radical (unpaired) electrons. The average molecular weight is 480 g/mol. The number of aliphatic imine (C=N–C) groups is 1. The van der Waals surface area contributed by atoms with Crippen LogP contribution >= 0.6 is 11.6 Å². The van der Waals surface area contributed by atoms with Crippen LogP contribution in [-0.4, -0.2) is 35.5 Å². The molecule has 9 heteroatoms. The predicted molar refractivity (Wildman–Crippen MR) is 121 cm³/mol. The summed E-state index contributed by atoms with van der Waals surface area (Å²) in [7, 11) is 0. The van der Waals surface area contributed by atoms with Crippen LogP contribution in [0.25, 0.3) is 11.1 Å². The van der Waals surface area contributed by atoms with Crippen LogP contribution in [0.3, 0.4) is 0 Å². The Labute approximate surface area is 195 Å². The third-order valence-corrected chi connectivity index (χ3v) is 6.68. The Morgan fingerprint density at radius 2 is 1.97 bits per heavy atom. The summed E-state index contributed by atoms with van der Waals surface area (Å²) >= 11 is 6.70. The highest BCUT2D eigenvalue weighted by molar-refractivity contribution is 6.34. The molecular weight excluding hydrogens is 455 g/mol. The summed E-state index contributed by atoms with van der Waals surface area (Å²) in [5, 5.41) is 0.247. The van der Waals surface area contributed by atoms with Gasteiger partial charge in [0.1, 0.15) is 0 Å². The summed E-state index contributed by atoms with van der Waals surface area (Å²) < 4.78 is 45.2. The molecule has 0 bridgehead atoms. The van der Waals surface area contributed by atoms with Gasteiger partial charge in [-0.25, -0.2) is 4.99 Å². The van der Waals surface area contributed by atoms with Crippen molar-refractivity contribution in [2.45, 2.75) is 57.0 Å². The highest BCUT2D eigenvalue weighted by Crippen LogP contribution is 2.42. The molecule has 176 valence electrons. The minimum atomic E-state index is -4.47. The zero-order valence-corrected chi connectivity index (χ0v) is 19.1. The molecule has 1 amide bonds. The van der Waals surface area contributed by atoms with Gasteiger partial charge >= 0.3 is 6.18 Å². The van der Waals surface area contributed by atoms with Crippen LogP contribution in [0.2, 0.25) is 5.02 Å². The third-order valence-electron chi connectivity index (χ3n) is 6.27. The van der Waals surface area contributed by atoms with Crippen LogP contribution in [0.5, 0.6) is 0 Å². The van der Waals surface area contributed by atoms with E-state index < -0.39 is 17.3 Å². The van der Waals surface area contributed by atoms with Crippen molar-refractivity contribution in [2.75, 3.05) is 6.61 Å². The van der Waals surface area contributed by atoms with Crippen molar-refractivity contribution in [3.8, 4) is 11.1 Å². The molecule has 33 heavy (non-hydrogen) atoms. The molecule has 1 saturated heterocycles. The number of hydrogen-bond acceptors (Lipinski definition) is 4. The van der Waals surface area contributed by atoms with Crippen LogP contribution in [0.4, 0.5) is 13.2 Å². The van der Waals surface area contributed by atoms with Crippen molar-refractivity contribution in [1.29, 1.82) is 0 Å². The highest BCUT2D eigenvalue weighted by atomic mass is 35.5. The Morgan fingerprint density at radius 1 is 1.24 bits per heavy atom. The fourth-order valence-electron chi connectivity index (χ4n) is 4.64. The number of halogens is 4. The molecule has 1 fully saturated rings. The van der Waals surface area contributed by atoms with E-state index in [2.05, 4.69) is 4.99 Å². The number of benzene rings is 2. The number of carbonyl (C=O) groups excluding carboxylic acids is 1. The first kappa shape index (κ1) is 23.6. The van der Waals surface area contributed by atoms with Gasteiger partial charge < -0.3 is 10.5 Å². The lowest BCUT2D eigenvalue weighted by Gasteiger charge is -2.41. The van der Waals surface area contributed by atoms with Crippen LogP contribution in [-0.2, 0) is 21.2 Å². The molecule has 5 nitrogen and oxygen atoms in total.